The molecule has 0 aliphatic carbocycles. The third-order valence-corrected chi connectivity index (χ3v) is 16.9. The molecule has 3 aliphatic heterocycles. The van der Waals surface area contributed by atoms with Crippen molar-refractivity contribution in [1.82, 2.24) is 5.32 Å². The molecule has 19 heteroatoms. The van der Waals surface area contributed by atoms with Crippen LogP contribution in [-0.2, 0) is 33.2 Å². The van der Waals surface area contributed by atoms with Crippen molar-refractivity contribution in [3.05, 3.63) is 36.5 Å². The van der Waals surface area contributed by atoms with Gasteiger partial charge in [-0.25, -0.2) is 0 Å². The molecule has 1 amide bonds. The second kappa shape index (κ2) is 48.8. The second-order valence-corrected chi connectivity index (χ2v) is 24.3. The summed E-state index contributed by atoms with van der Waals surface area (Å²) in [6.45, 7) is 1.72. The lowest BCUT2D eigenvalue weighted by atomic mass is 9.96. The highest BCUT2D eigenvalue weighted by Gasteiger charge is 2.53. The first-order chi connectivity index (χ1) is 41.3. The van der Waals surface area contributed by atoms with E-state index in [0.717, 1.165) is 51.4 Å². The molecule has 498 valence electrons. The van der Waals surface area contributed by atoms with Crippen LogP contribution in [0, 0.1) is 0 Å². The Balaban J connectivity index is 1.48. The number of nitrogens with one attached hydrogen (secondary N) is 1. The van der Waals surface area contributed by atoms with Gasteiger partial charge in [-0.1, -0.05) is 217 Å². The molecular formula is C66H121NO18. The van der Waals surface area contributed by atoms with E-state index in [9.17, 15) is 61.0 Å². The van der Waals surface area contributed by atoms with E-state index in [1.165, 1.54) is 161 Å². The van der Waals surface area contributed by atoms with Crippen molar-refractivity contribution in [2.75, 3.05) is 26.4 Å². The van der Waals surface area contributed by atoms with Crippen LogP contribution in [0.1, 0.15) is 245 Å². The lowest BCUT2D eigenvalue weighted by Crippen LogP contribution is -2.66. The third-order valence-electron chi connectivity index (χ3n) is 16.9. The van der Waals surface area contributed by atoms with E-state index < -0.39 is 124 Å². The highest BCUT2D eigenvalue weighted by atomic mass is 16.8. The zero-order valence-corrected chi connectivity index (χ0v) is 52.3. The first-order valence-corrected chi connectivity index (χ1v) is 33.7. The largest absolute Gasteiger partial charge is 0.394 e. The summed E-state index contributed by atoms with van der Waals surface area (Å²) in [5, 5.41) is 120. The molecule has 85 heavy (non-hydrogen) atoms. The molecule has 3 rings (SSSR count). The Kier molecular flexibility index (Phi) is 44.4. The summed E-state index contributed by atoms with van der Waals surface area (Å²) in [6, 6.07) is -0.990. The molecule has 17 atom stereocenters. The van der Waals surface area contributed by atoms with Gasteiger partial charge in [0.05, 0.1) is 38.6 Å². The maximum atomic E-state index is 13.4. The Morgan fingerprint density at radius 3 is 1.18 bits per heavy atom. The Labute approximate surface area is 511 Å². The minimum atomic E-state index is -1.98. The Hall–Kier alpha value is -1.99. The second-order valence-electron chi connectivity index (χ2n) is 24.3. The molecule has 0 aromatic carbocycles. The average molecular weight is 1220 g/mol. The van der Waals surface area contributed by atoms with Crippen molar-refractivity contribution in [2.24, 2.45) is 0 Å². The number of aliphatic hydroxyl groups is 11. The van der Waals surface area contributed by atoms with E-state index in [2.05, 4.69) is 43.5 Å². The normalized spacial score (nSPS) is 29.2. The van der Waals surface area contributed by atoms with Crippen LogP contribution >= 0.6 is 0 Å². The molecule has 3 aliphatic rings. The lowest BCUT2D eigenvalue weighted by Gasteiger charge is -2.48. The van der Waals surface area contributed by atoms with Crippen LogP contribution in [0.15, 0.2) is 36.5 Å². The summed E-state index contributed by atoms with van der Waals surface area (Å²) in [5.41, 5.74) is 0. The van der Waals surface area contributed by atoms with Crippen LogP contribution in [0.5, 0.6) is 0 Å². The lowest BCUT2D eigenvalue weighted by molar-refractivity contribution is -0.379. The van der Waals surface area contributed by atoms with Gasteiger partial charge in [-0.15, -0.1) is 0 Å². The van der Waals surface area contributed by atoms with Crippen molar-refractivity contribution in [3.63, 3.8) is 0 Å². The minimum absolute atomic E-state index is 0.234. The number of aliphatic hydroxyl groups excluding tert-OH is 11. The summed E-state index contributed by atoms with van der Waals surface area (Å²) in [7, 11) is 0. The van der Waals surface area contributed by atoms with E-state index in [1.807, 2.05) is 6.08 Å². The Bertz CT molecular complexity index is 1690. The summed E-state index contributed by atoms with van der Waals surface area (Å²) in [5.74, 6) is -0.286. The highest BCUT2D eigenvalue weighted by Crippen LogP contribution is 2.33. The van der Waals surface area contributed by atoms with Crippen LogP contribution < -0.4 is 5.32 Å². The van der Waals surface area contributed by atoms with Gasteiger partial charge in [0.2, 0.25) is 5.91 Å². The number of rotatable bonds is 51. The molecule has 12 N–H and O–H groups in total. The summed E-state index contributed by atoms with van der Waals surface area (Å²) in [6.07, 6.45) is 28.3. The van der Waals surface area contributed by atoms with Crippen molar-refractivity contribution >= 4 is 5.91 Å². The molecule has 0 aromatic rings. The van der Waals surface area contributed by atoms with Gasteiger partial charge in [-0.05, 0) is 57.8 Å². The number of carbonyl (C=O) groups excluding carboxylic acids is 1. The third kappa shape index (κ3) is 31.5. The predicted octanol–water partition coefficient (Wildman–Crippen LogP) is 8.05. The molecule has 0 aromatic heterocycles. The molecule has 3 heterocycles. The van der Waals surface area contributed by atoms with E-state index in [4.69, 9.17) is 28.4 Å². The number of carbonyl (C=O) groups is 1. The van der Waals surface area contributed by atoms with E-state index >= 15 is 0 Å². The number of allylic oxidation sites excluding steroid dienone is 5. The van der Waals surface area contributed by atoms with Crippen LogP contribution in [0.2, 0.25) is 0 Å². The van der Waals surface area contributed by atoms with Gasteiger partial charge >= 0.3 is 0 Å². The topological polar surface area (TPSA) is 307 Å². The van der Waals surface area contributed by atoms with Gasteiger partial charge in [0.1, 0.15) is 73.2 Å². The number of ether oxygens (including phenoxy) is 6. The fraction of sp³-hybridized carbons (Fsp3) is 0.894. The smallest absolute Gasteiger partial charge is 0.220 e. The monoisotopic (exact) mass is 1220 g/mol. The predicted molar refractivity (Wildman–Crippen MR) is 328 cm³/mol. The van der Waals surface area contributed by atoms with Crippen molar-refractivity contribution < 1.29 is 89.4 Å². The number of unbranched alkanes of at least 4 members (excludes halogenated alkanes) is 31. The Morgan fingerprint density at radius 2 is 0.753 bits per heavy atom. The molecule has 0 saturated carbocycles. The fourth-order valence-electron chi connectivity index (χ4n) is 11.4. The Morgan fingerprint density at radius 1 is 0.412 bits per heavy atom. The van der Waals surface area contributed by atoms with Crippen molar-refractivity contribution in [3.8, 4) is 0 Å². The van der Waals surface area contributed by atoms with Gasteiger partial charge in [0, 0.05) is 6.42 Å². The van der Waals surface area contributed by atoms with Gasteiger partial charge < -0.3 is 89.9 Å². The van der Waals surface area contributed by atoms with Gasteiger partial charge in [0.25, 0.3) is 0 Å². The molecule has 0 bridgehead atoms. The molecule has 3 saturated heterocycles. The van der Waals surface area contributed by atoms with Crippen LogP contribution in [0.25, 0.3) is 0 Å². The molecule has 17 unspecified atom stereocenters. The van der Waals surface area contributed by atoms with E-state index in [-0.39, 0.29) is 18.9 Å². The molecule has 19 nitrogen and oxygen atoms in total. The van der Waals surface area contributed by atoms with Gasteiger partial charge in [0.15, 0.2) is 18.9 Å². The van der Waals surface area contributed by atoms with Crippen molar-refractivity contribution in [1.29, 1.82) is 0 Å². The summed E-state index contributed by atoms with van der Waals surface area (Å²) < 4.78 is 34.3. The standard InChI is InChI=1S/C66H121NO18/c1-3-5-7-9-11-13-15-17-19-21-23-24-26-27-29-31-33-35-37-39-41-43-50(71)49(67-54(72)44-42-40-38-36-34-32-30-28-25-22-20-18-16-14-12-10-8-6-4-2)48-80-64-60(78)57(75)62(52(46-69)82-64)85-66-61(79)58(76)63(53(47-70)83-66)84-65-59(77)56(74)55(73)51(45-68)81-65/h18,20,33,35,41,43,49-53,55-66,68-71,73-79H,3-17,19,21-32,34,36-40,42,44-48H2,1-2H3,(H,67,72)/b20-18-,35-33+,43-41+. The number of amides is 1. The van der Waals surface area contributed by atoms with Crippen LogP contribution in [-0.4, -0.2) is 193 Å². The van der Waals surface area contributed by atoms with Gasteiger partial charge in [-0.2, -0.15) is 0 Å². The average Bonchev–Trinajstić information content (AvgIpc) is 3.10. The van der Waals surface area contributed by atoms with Gasteiger partial charge in [-0.3, -0.25) is 4.79 Å². The number of hydrogen-bond donors (Lipinski definition) is 12. The van der Waals surface area contributed by atoms with Crippen LogP contribution in [0.4, 0.5) is 0 Å². The maximum absolute atomic E-state index is 13.4. The SMILES string of the molecule is CCCCCCCC/C=C\CCCCCCCCCCCC(=O)NC(COC1OC(CO)C(OC2OC(CO)C(OC3OC(CO)C(O)C(O)C3O)C(O)C2O)C(O)C1O)C(O)/C=C/CC/C=C/CCCCCCCCCCCCCCCCC. The quantitative estimate of drug-likeness (QED) is 0.0202. The first-order valence-electron chi connectivity index (χ1n) is 33.7. The molecule has 0 spiro atoms. The van der Waals surface area contributed by atoms with E-state index in [0.29, 0.717) is 12.8 Å². The zero-order valence-electron chi connectivity index (χ0n) is 52.3. The summed E-state index contributed by atoms with van der Waals surface area (Å²) >= 11 is 0. The van der Waals surface area contributed by atoms with Crippen LogP contribution in [0.3, 0.4) is 0 Å². The molecule has 0 radical (unpaired) electrons. The molecule has 3 fully saturated rings. The molecular weight excluding hydrogens is 1090 g/mol. The zero-order chi connectivity index (χ0) is 61.9. The summed E-state index contributed by atoms with van der Waals surface area (Å²) in [4.78, 5) is 13.4. The fourth-order valence-corrected chi connectivity index (χ4v) is 11.4. The minimum Gasteiger partial charge on any atom is -0.394 e. The van der Waals surface area contributed by atoms with E-state index in [1.54, 1.807) is 6.08 Å². The maximum Gasteiger partial charge on any atom is 0.220 e. The first kappa shape index (κ1) is 77.3. The highest BCUT2D eigenvalue weighted by molar-refractivity contribution is 5.76. The van der Waals surface area contributed by atoms with Crippen molar-refractivity contribution in [2.45, 2.75) is 349 Å². The number of hydrogen-bond acceptors (Lipinski definition) is 18.